The molecule has 0 fully saturated rings. The van der Waals surface area contributed by atoms with Gasteiger partial charge in [-0.25, -0.2) is 0 Å². The summed E-state index contributed by atoms with van der Waals surface area (Å²) in [6.45, 7) is 12.0. The lowest BCUT2D eigenvalue weighted by molar-refractivity contribution is 0.0829. The molecule has 0 atom stereocenters. The maximum atomic E-state index is 10.2. The van der Waals surface area contributed by atoms with Crippen molar-refractivity contribution >= 4 is 0 Å². The fraction of sp³-hybridized carbons (Fsp3) is 0.500. The molecule has 0 bridgehead atoms. The van der Waals surface area contributed by atoms with Crippen molar-refractivity contribution in [3.63, 3.8) is 0 Å². The molecular formula is C16H22O2. The second-order valence-electron chi connectivity index (χ2n) is 5.74. The van der Waals surface area contributed by atoms with E-state index in [9.17, 15) is 5.11 Å². The zero-order valence-electron chi connectivity index (χ0n) is 11.8. The van der Waals surface area contributed by atoms with Crippen LogP contribution in [-0.2, 0) is 12.8 Å². The minimum atomic E-state index is -0.126. The van der Waals surface area contributed by atoms with Crippen molar-refractivity contribution in [1.29, 1.82) is 0 Å². The van der Waals surface area contributed by atoms with Gasteiger partial charge in [-0.1, -0.05) is 6.08 Å². The number of hydrogen-bond acceptors (Lipinski definition) is 2. The van der Waals surface area contributed by atoms with Crippen LogP contribution in [0.3, 0.4) is 0 Å². The third-order valence-electron chi connectivity index (χ3n) is 3.87. The van der Waals surface area contributed by atoms with Crippen LogP contribution in [0.2, 0.25) is 0 Å². The zero-order chi connectivity index (χ0) is 13.5. The molecular weight excluding hydrogens is 224 g/mol. The van der Waals surface area contributed by atoms with Gasteiger partial charge in [-0.15, -0.1) is 6.58 Å². The van der Waals surface area contributed by atoms with E-state index in [1.807, 2.05) is 19.9 Å². The molecule has 0 saturated heterocycles. The van der Waals surface area contributed by atoms with E-state index in [4.69, 9.17) is 4.74 Å². The minimum absolute atomic E-state index is 0.126. The Morgan fingerprint density at radius 1 is 1.33 bits per heavy atom. The van der Waals surface area contributed by atoms with Crippen LogP contribution in [-0.4, -0.2) is 10.7 Å². The van der Waals surface area contributed by atoms with Gasteiger partial charge in [0, 0.05) is 11.1 Å². The number of fused-ring (bicyclic) bond motifs is 1. The number of phenols is 1. The fourth-order valence-electron chi connectivity index (χ4n) is 2.66. The number of rotatable bonds is 2. The van der Waals surface area contributed by atoms with Crippen LogP contribution in [0.1, 0.15) is 42.5 Å². The van der Waals surface area contributed by atoms with Crippen molar-refractivity contribution in [1.82, 2.24) is 0 Å². The number of phenolic OH excluding ortho intramolecular Hbond substituents is 1. The summed E-state index contributed by atoms with van der Waals surface area (Å²) in [5.74, 6) is 1.38. The minimum Gasteiger partial charge on any atom is -0.507 e. The van der Waals surface area contributed by atoms with Gasteiger partial charge in [0.2, 0.25) is 0 Å². The van der Waals surface area contributed by atoms with Gasteiger partial charge >= 0.3 is 0 Å². The number of aromatic hydroxyl groups is 1. The molecule has 1 aromatic rings. The highest BCUT2D eigenvalue weighted by Crippen LogP contribution is 2.43. The third kappa shape index (κ3) is 2.00. The molecule has 0 aliphatic carbocycles. The molecule has 0 amide bonds. The molecule has 1 aliphatic rings. The second-order valence-corrected chi connectivity index (χ2v) is 5.74. The predicted molar refractivity (Wildman–Crippen MR) is 74.5 cm³/mol. The van der Waals surface area contributed by atoms with Crippen LogP contribution in [0.25, 0.3) is 0 Å². The highest BCUT2D eigenvalue weighted by Gasteiger charge is 2.31. The lowest BCUT2D eigenvalue weighted by atomic mass is 9.87. The fourth-order valence-corrected chi connectivity index (χ4v) is 2.66. The van der Waals surface area contributed by atoms with E-state index in [1.54, 1.807) is 0 Å². The van der Waals surface area contributed by atoms with Crippen molar-refractivity contribution in [3.8, 4) is 11.5 Å². The molecule has 1 aromatic carbocycles. The van der Waals surface area contributed by atoms with Crippen LogP contribution >= 0.6 is 0 Å². The Morgan fingerprint density at radius 3 is 2.61 bits per heavy atom. The van der Waals surface area contributed by atoms with Gasteiger partial charge in [0.1, 0.15) is 17.1 Å². The van der Waals surface area contributed by atoms with Crippen molar-refractivity contribution in [2.45, 2.75) is 52.6 Å². The molecule has 0 saturated carbocycles. The Bertz CT molecular complexity index is 499. The molecule has 0 radical (unpaired) electrons. The summed E-state index contributed by atoms with van der Waals surface area (Å²) in [6, 6.07) is 0. The summed E-state index contributed by atoms with van der Waals surface area (Å²) in [4.78, 5) is 0. The third-order valence-corrected chi connectivity index (χ3v) is 3.87. The Hall–Kier alpha value is -1.44. The Labute approximate surface area is 109 Å². The largest absolute Gasteiger partial charge is 0.507 e. The number of ether oxygens (including phenoxy) is 1. The Balaban J connectivity index is 2.66. The van der Waals surface area contributed by atoms with Crippen molar-refractivity contribution in [2.24, 2.45) is 0 Å². The standard InChI is InChI=1S/C16H22O2/c1-6-7-12-10(2)14(17)11(3)13-8-9-16(4,5)18-15(12)13/h6,17H,1,7-9H2,2-5H3. The topological polar surface area (TPSA) is 29.5 Å². The zero-order valence-corrected chi connectivity index (χ0v) is 11.8. The molecule has 1 aliphatic heterocycles. The average molecular weight is 246 g/mol. The first kappa shape index (κ1) is 13.0. The van der Waals surface area contributed by atoms with Gasteiger partial charge in [-0.05, 0) is 58.1 Å². The van der Waals surface area contributed by atoms with Crippen LogP contribution in [0.5, 0.6) is 11.5 Å². The summed E-state index contributed by atoms with van der Waals surface area (Å²) < 4.78 is 6.16. The quantitative estimate of drug-likeness (QED) is 0.803. The normalized spacial score (nSPS) is 16.9. The van der Waals surface area contributed by atoms with Gasteiger partial charge in [0.15, 0.2) is 0 Å². The molecule has 0 aromatic heterocycles. The smallest absolute Gasteiger partial charge is 0.127 e. The summed E-state index contributed by atoms with van der Waals surface area (Å²) in [5, 5.41) is 10.2. The number of benzene rings is 1. The van der Waals surface area contributed by atoms with Crippen molar-refractivity contribution in [3.05, 3.63) is 34.9 Å². The first-order valence-corrected chi connectivity index (χ1v) is 6.51. The van der Waals surface area contributed by atoms with E-state index >= 15 is 0 Å². The molecule has 18 heavy (non-hydrogen) atoms. The lowest BCUT2D eigenvalue weighted by Crippen LogP contribution is -2.33. The molecule has 2 heteroatoms. The molecule has 98 valence electrons. The first-order chi connectivity index (χ1) is 8.37. The SMILES string of the molecule is C=CCc1c(C)c(O)c(C)c2c1OC(C)(C)CC2. The van der Waals surface area contributed by atoms with Gasteiger partial charge in [0.25, 0.3) is 0 Å². The van der Waals surface area contributed by atoms with Crippen LogP contribution in [0.15, 0.2) is 12.7 Å². The Morgan fingerprint density at radius 2 is 2.00 bits per heavy atom. The molecule has 1 heterocycles. The molecule has 2 rings (SSSR count). The lowest BCUT2D eigenvalue weighted by Gasteiger charge is -2.35. The van der Waals surface area contributed by atoms with Gasteiger partial charge in [-0.2, -0.15) is 0 Å². The highest BCUT2D eigenvalue weighted by atomic mass is 16.5. The monoisotopic (exact) mass is 246 g/mol. The van der Waals surface area contributed by atoms with Gasteiger partial charge in [-0.3, -0.25) is 0 Å². The van der Waals surface area contributed by atoms with E-state index < -0.39 is 0 Å². The van der Waals surface area contributed by atoms with Crippen molar-refractivity contribution < 1.29 is 9.84 Å². The van der Waals surface area contributed by atoms with Gasteiger partial charge < -0.3 is 9.84 Å². The predicted octanol–water partition coefficient (Wildman–Crippen LogP) is 3.84. The summed E-state index contributed by atoms with van der Waals surface area (Å²) in [7, 11) is 0. The molecule has 1 N–H and O–H groups in total. The summed E-state index contributed by atoms with van der Waals surface area (Å²) in [6.07, 6.45) is 4.55. The molecule has 2 nitrogen and oxygen atoms in total. The van der Waals surface area contributed by atoms with Gasteiger partial charge in [0.05, 0.1) is 0 Å². The first-order valence-electron chi connectivity index (χ1n) is 6.51. The Kier molecular flexibility index (Phi) is 3.14. The van der Waals surface area contributed by atoms with Crippen LogP contribution in [0.4, 0.5) is 0 Å². The van der Waals surface area contributed by atoms with Crippen LogP contribution < -0.4 is 4.74 Å². The average Bonchev–Trinajstić information content (AvgIpc) is 2.31. The summed E-state index contributed by atoms with van der Waals surface area (Å²) in [5.41, 5.74) is 4.00. The van der Waals surface area contributed by atoms with E-state index in [-0.39, 0.29) is 5.60 Å². The maximum Gasteiger partial charge on any atom is 0.127 e. The van der Waals surface area contributed by atoms with Crippen molar-refractivity contribution in [2.75, 3.05) is 0 Å². The number of hydrogen-bond donors (Lipinski definition) is 1. The highest BCUT2D eigenvalue weighted by molar-refractivity contribution is 5.59. The molecule has 0 spiro atoms. The van der Waals surface area contributed by atoms with E-state index in [0.717, 1.165) is 47.3 Å². The van der Waals surface area contributed by atoms with Crippen LogP contribution in [0, 0.1) is 13.8 Å². The maximum absolute atomic E-state index is 10.2. The van der Waals surface area contributed by atoms with E-state index in [1.165, 1.54) is 0 Å². The van der Waals surface area contributed by atoms with E-state index in [0.29, 0.717) is 5.75 Å². The number of allylic oxidation sites excluding steroid dienone is 1. The summed E-state index contributed by atoms with van der Waals surface area (Å²) >= 11 is 0. The molecule has 0 unspecified atom stereocenters. The van der Waals surface area contributed by atoms with E-state index in [2.05, 4.69) is 20.4 Å². The second kappa shape index (κ2) is 4.34.